The third kappa shape index (κ3) is 5.87. The molecule has 3 aliphatic rings. The standard InChI is InChI=1S/C29H41FN2O3/c1-35-18-7-6-16-29(34,26-12-4-2-10-24(26)25-11-3-5-13-27(25)30)22-9-8-17-32(20-22)28(33)21-14-15-23(31)19-21/h3,5,10-13,21-23,34H,2,4,6-9,14-20,31H2,1H3/t21-,22-,23+,29+/m1/s1. The van der Waals surface area contributed by atoms with Crippen LogP contribution in [0.15, 0.2) is 42.0 Å². The number of rotatable bonds is 9. The molecule has 0 aromatic heterocycles. The highest BCUT2D eigenvalue weighted by Gasteiger charge is 2.45. The largest absolute Gasteiger partial charge is 0.385 e. The Morgan fingerprint density at radius 1 is 1.20 bits per heavy atom. The zero-order chi connectivity index (χ0) is 24.8. The number of carbonyl (C=O) groups excluding carboxylic acids is 1. The lowest BCUT2D eigenvalue weighted by Gasteiger charge is -2.45. The fourth-order valence-electron chi connectivity index (χ4n) is 6.29. The highest BCUT2D eigenvalue weighted by Crippen LogP contribution is 2.45. The van der Waals surface area contributed by atoms with Crippen molar-refractivity contribution in [3.05, 3.63) is 53.4 Å². The molecule has 2 fully saturated rings. The molecule has 0 bridgehead atoms. The third-order valence-electron chi connectivity index (χ3n) is 8.17. The van der Waals surface area contributed by atoms with Crippen LogP contribution in [0.25, 0.3) is 5.57 Å². The van der Waals surface area contributed by atoms with Gasteiger partial charge in [0.1, 0.15) is 5.82 Å². The third-order valence-corrected chi connectivity index (χ3v) is 8.17. The summed E-state index contributed by atoms with van der Waals surface area (Å²) in [4.78, 5) is 15.3. The Balaban J connectivity index is 1.61. The van der Waals surface area contributed by atoms with Gasteiger partial charge in [-0.2, -0.15) is 0 Å². The van der Waals surface area contributed by atoms with Gasteiger partial charge < -0.3 is 20.5 Å². The number of hydrogen-bond acceptors (Lipinski definition) is 4. The molecular formula is C29H41FN2O3. The van der Waals surface area contributed by atoms with E-state index in [1.807, 2.05) is 11.0 Å². The zero-order valence-electron chi connectivity index (χ0n) is 21.1. The molecule has 2 aliphatic carbocycles. The van der Waals surface area contributed by atoms with Crippen LogP contribution in [-0.4, -0.2) is 54.4 Å². The fourth-order valence-corrected chi connectivity index (χ4v) is 6.29. The van der Waals surface area contributed by atoms with Crippen LogP contribution >= 0.6 is 0 Å². The molecule has 4 atom stereocenters. The van der Waals surface area contributed by atoms with Crippen molar-refractivity contribution in [1.82, 2.24) is 4.90 Å². The number of hydrogen-bond donors (Lipinski definition) is 2. The van der Waals surface area contributed by atoms with E-state index in [0.29, 0.717) is 25.1 Å². The lowest BCUT2D eigenvalue weighted by atomic mass is 9.69. The van der Waals surface area contributed by atoms with E-state index in [2.05, 4.69) is 12.2 Å². The van der Waals surface area contributed by atoms with Crippen LogP contribution in [0, 0.1) is 17.7 Å². The smallest absolute Gasteiger partial charge is 0.225 e. The second kappa shape index (κ2) is 11.8. The number of unbranched alkanes of at least 4 members (excludes halogenated alkanes) is 1. The number of nitrogens with two attached hydrogens (primary N) is 1. The van der Waals surface area contributed by atoms with Gasteiger partial charge in [-0.25, -0.2) is 4.39 Å². The van der Waals surface area contributed by atoms with Gasteiger partial charge in [-0.15, -0.1) is 0 Å². The lowest BCUT2D eigenvalue weighted by Crippen LogP contribution is -2.51. The van der Waals surface area contributed by atoms with Crippen molar-refractivity contribution in [2.24, 2.45) is 17.6 Å². The number of halogens is 1. The summed E-state index contributed by atoms with van der Waals surface area (Å²) in [6, 6.07) is 6.93. The van der Waals surface area contributed by atoms with E-state index in [1.165, 1.54) is 6.07 Å². The van der Waals surface area contributed by atoms with Crippen molar-refractivity contribution >= 4 is 11.5 Å². The number of ether oxygens (including phenoxy) is 1. The van der Waals surface area contributed by atoms with Gasteiger partial charge in [-0.05, 0) is 81.4 Å². The second-order valence-corrected chi connectivity index (χ2v) is 10.6. The first-order chi connectivity index (χ1) is 16.9. The number of carbonyl (C=O) groups is 1. The molecule has 1 heterocycles. The predicted molar refractivity (Wildman–Crippen MR) is 137 cm³/mol. The number of likely N-dealkylation sites (tertiary alicyclic amines) is 1. The lowest BCUT2D eigenvalue weighted by molar-refractivity contribution is -0.139. The average Bonchev–Trinajstić information content (AvgIpc) is 3.32. The highest BCUT2D eigenvalue weighted by atomic mass is 19.1. The molecule has 1 amide bonds. The van der Waals surface area contributed by atoms with Crippen molar-refractivity contribution in [2.45, 2.75) is 75.9 Å². The van der Waals surface area contributed by atoms with Crippen LogP contribution in [0.3, 0.4) is 0 Å². The molecule has 1 saturated heterocycles. The summed E-state index contributed by atoms with van der Waals surface area (Å²) < 4.78 is 20.1. The van der Waals surface area contributed by atoms with E-state index in [4.69, 9.17) is 10.5 Å². The summed E-state index contributed by atoms with van der Waals surface area (Å²) in [5.41, 5.74) is 7.12. The van der Waals surface area contributed by atoms with E-state index in [1.54, 1.807) is 19.2 Å². The van der Waals surface area contributed by atoms with E-state index in [0.717, 1.165) is 75.5 Å². The molecule has 6 heteroatoms. The van der Waals surface area contributed by atoms with E-state index in [9.17, 15) is 14.3 Å². The number of allylic oxidation sites excluding steroid dienone is 2. The summed E-state index contributed by atoms with van der Waals surface area (Å²) >= 11 is 0. The Bertz CT molecular complexity index is 946. The SMILES string of the molecule is COCCCC[C@@](O)(C1=CCCC=C1c1ccccc1F)[C@@H]1CCCN(C(=O)[C@@H]2CC[C@H](N)C2)C1. The molecular weight excluding hydrogens is 443 g/mol. The number of amides is 1. The molecule has 1 aliphatic heterocycles. The van der Waals surface area contributed by atoms with Crippen molar-refractivity contribution in [2.75, 3.05) is 26.8 Å². The quantitative estimate of drug-likeness (QED) is 0.492. The number of methoxy groups -OCH3 is 1. The van der Waals surface area contributed by atoms with Crippen molar-refractivity contribution in [1.29, 1.82) is 0 Å². The average molecular weight is 485 g/mol. The van der Waals surface area contributed by atoms with Gasteiger partial charge in [0.2, 0.25) is 5.91 Å². The summed E-state index contributed by atoms with van der Waals surface area (Å²) in [6.07, 6.45) is 12.3. The topological polar surface area (TPSA) is 75.8 Å². The molecule has 5 nitrogen and oxygen atoms in total. The summed E-state index contributed by atoms with van der Waals surface area (Å²) in [7, 11) is 1.69. The summed E-state index contributed by atoms with van der Waals surface area (Å²) in [6.45, 7) is 1.91. The first-order valence-corrected chi connectivity index (χ1v) is 13.4. The Morgan fingerprint density at radius 2 is 2.00 bits per heavy atom. The molecule has 0 spiro atoms. The molecule has 35 heavy (non-hydrogen) atoms. The summed E-state index contributed by atoms with van der Waals surface area (Å²) in [5.74, 6) is -0.183. The Morgan fingerprint density at radius 3 is 2.74 bits per heavy atom. The Kier molecular flexibility index (Phi) is 8.79. The molecule has 3 N–H and O–H groups in total. The first kappa shape index (κ1) is 26.1. The van der Waals surface area contributed by atoms with Crippen LogP contribution in [-0.2, 0) is 9.53 Å². The summed E-state index contributed by atoms with van der Waals surface area (Å²) in [5, 5.41) is 12.5. The van der Waals surface area contributed by atoms with Gasteiger partial charge in [0.25, 0.3) is 0 Å². The van der Waals surface area contributed by atoms with Crippen LogP contribution in [0.2, 0.25) is 0 Å². The molecule has 192 valence electrons. The Labute approximate surface area is 209 Å². The maximum atomic E-state index is 14.9. The molecule has 1 aromatic rings. The molecule has 1 aromatic carbocycles. The minimum atomic E-state index is -1.13. The van der Waals surface area contributed by atoms with E-state index in [-0.39, 0.29) is 29.6 Å². The van der Waals surface area contributed by atoms with Crippen molar-refractivity contribution in [3.63, 3.8) is 0 Å². The van der Waals surface area contributed by atoms with Gasteiger partial charge in [0.05, 0.1) is 5.60 Å². The normalized spacial score (nSPS) is 26.7. The van der Waals surface area contributed by atoms with Gasteiger partial charge in [-0.3, -0.25) is 4.79 Å². The van der Waals surface area contributed by atoms with Gasteiger partial charge in [0, 0.05) is 50.2 Å². The number of aliphatic hydroxyl groups is 1. The molecule has 4 rings (SSSR count). The van der Waals surface area contributed by atoms with E-state index >= 15 is 0 Å². The number of benzene rings is 1. The predicted octanol–water partition coefficient (Wildman–Crippen LogP) is 4.84. The van der Waals surface area contributed by atoms with E-state index < -0.39 is 5.60 Å². The van der Waals surface area contributed by atoms with Gasteiger partial charge >= 0.3 is 0 Å². The minimum Gasteiger partial charge on any atom is -0.385 e. The maximum Gasteiger partial charge on any atom is 0.225 e. The van der Waals surface area contributed by atoms with Crippen molar-refractivity contribution < 1.29 is 19.0 Å². The van der Waals surface area contributed by atoms with Crippen LogP contribution in [0.4, 0.5) is 4.39 Å². The Hall–Kier alpha value is -2.02. The highest BCUT2D eigenvalue weighted by molar-refractivity contribution is 5.82. The monoisotopic (exact) mass is 484 g/mol. The van der Waals surface area contributed by atoms with Crippen LogP contribution < -0.4 is 5.73 Å². The molecule has 0 radical (unpaired) electrons. The zero-order valence-corrected chi connectivity index (χ0v) is 21.1. The number of nitrogens with zero attached hydrogens (tertiary/aromatic N) is 1. The molecule has 1 saturated carbocycles. The molecule has 0 unspecified atom stereocenters. The fraction of sp³-hybridized carbons (Fsp3) is 0.621. The van der Waals surface area contributed by atoms with Crippen molar-refractivity contribution in [3.8, 4) is 0 Å². The maximum absolute atomic E-state index is 14.9. The first-order valence-electron chi connectivity index (χ1n) is 13.4. The van der Waals surface area contributed by atoms with Crippen LogP contribution in [0.5, 0.6) is 0 Å². The van der Waals surface area contributed by atoms with Gasteiger partial charge in [0.15, 0.2) is 0 Å². The van der Waals surface area contributed by atoms with Gasteiger partial charge in [-0.1, -0.05) is 30.4 Å². The minimum absolute atomic E-state index is 0.00122. The number of piperidine rings is 1. The van der Waals surface area contributed by atoms with Crippen LogP contribution in [0.1, 0.15) is 69.8 Å². The second-order valence-electron chi connectivity index (χ2n) is 10.6.